The lowest BCUT2D eigenvalue weighted by Gasteiger charge is -2.11. The van der Waals surface area contributed by atoms with E-state index in [9.17, 15) is 4.79 Å². The van der Waals surface area contributed by atoms with Gasteiger partial charge in [0.05, 0.1) is 7.11 Å². The van der Waals surface area contributed by atoms with Gasteiger partial charge in [0.1, 0.15) is 5.75 Å². The summed E-state index contributed by atoms with van der Waals surface area (Å²) in [6, 6.07) is 11.0. The Morgan fingerprint density at radius 3 is 2.81 bits per heavy atom. The number of pyridine rings is 1. The summed E-state index contributed by atoms with van der Waals surface area (Å²) in [6.07, 6.45) is 5.20. The lowest BCUT2D eigenvalue weighted by Crippen LogP contribution is -2.34. The fourth-order valence-electron chi connectivity index (χ4n) is 2.41. The molecule has 7 nitrogen and oxygen atoms in total. The average molecular weight is 416 g/mol. The van der Waals surface area contributed by atoms with Gasteiger partial charge in [-0.2, -0.15) is 5.10 Å². The Hall–Kier alpha value is -2.87. The van der Waals surface area contributed by atoms with Gasteiger partial charge in [0.25, 0.3) is 0 Å². The van der Waals surface area contributed by atoms with Crippen LogP contribution in [0.1, 0.15) is 11.1 Å². The number of urea groups is 1. The third kappa shape index (κ3) is 4.60. The number of hydrogen-bond acceptors (Lipinski definition) is 4. The van der Waals surface area contributed by atoms with Crippen LogP contribution in [0.2, 0.25) is 0 Å². The molecular formula is C18H18BrN5O2. The smallest absolute Gasteiger partial charge is 0.315 e. The average Bonchev–Trinajstić information content (AvgIpc) is 3.20. The second-order valence-corrected chi connectivity index (χ2v) is 6.38. The predicted molar refractivity (Wildman–Crippen MR) is 101 cm³/mol. The van der Waals surface area contributed by atoms with E-state index in [1.807, 2.05) is 42.6 Å². The van der Waals surface area contributed by atoms with Gasteiger partial charge in [-0.25, -0.2) is 14.5 Å². The fraction of sp³-hybridized carbons (Fsp3) is 0.167. The molecule has 2 aromatic heterocycles. The van der Waals surface area contributed by atoms with Crippen LogP contribution in [0.3, 0.4) is 0 Å². The number of nitrogens with one attached hydrogen (secondary N) is 2. The molecule has 0 aliphatic rings. The van der Waals surface area contributed by atoms with Crippen LogP contribution in [0, 0.1) is 0 Å². The Bertz CT molecular complexity index is 883. The summed E-state index contributed by atoms with van der Waals surface area (Å²) in [5.41, 5.74) is 1.82. The highest BCUT2D eigenvalue weighted by atomic mass is 79.9. The van der Waals surface area contributed by atoms with Crippen LogP contribution < -0.4 is 15.4 Å². The number of benzene rings is 1. The normalized spacial score (nSPS) is 10.4. The first kappa shape index (κ1) is 17.9. The highest BCUT2D eigenvalue weighted by molar-refractivity contribution is 9.10. The Balaban J connectivity index is 1.55. The first-order valence-electron chi connectivity index (χ1n) is 7.95. The van der Waals surface area contributed by atoms with Crippen molar-refractivity contribution in [3.8, 4) is 11.6 Å². The summed E-state index contributed by atoms with van der Waals surface area (Å²) in [5, 5.41) is 9.81. The summed E-state index contributed by atoms with van der Waals surface area (Å²) in [5.74, 6) is 1.43. The first-order chi connectivity index (χ1) is 12.7. The SMILES string of the molecule is COc1ccc(Br)cc1CNC(=O)NCc1ccnc(-n2cccn2)c1. The molecule has 0 atom stereocenters. The number of carbonyl (C=O) groups is 1. The summed E-state index contributed by atoms with van der Waals surface area (Å²) >= 11 is 3.42. The van der Waals surface area contributed by atoms with Crippen LogP contribution in [-0.2, 0) is 13.1 Å². The molecule has 0 radical (unpaired) electrons. The van der Waals surface area contributed by atoms with Crippen molar-refractivity contribution in [2.24, 2.45) is 0 Å². The zero-order chi connectivity index (χ0) is 18.4. The quantitative estimate of drug-likeness (QED) is 0.648. The van der Waals surface area contributed by atoms with Gasteiger partial charge in [-0.3, -0.25) is 0 Å². The largest absolute Gasteiger partial charge is 0.496 e. The molecule has 0 spiro atoms. The van der Waals surface area contributed by atoms with Crippen LogP contribution in [-0.4, -0.2) is 27.9 Å². The highest BCUT2D eigenvalue weighted by Gasteiger charge is 2.07. The molecule has 1 aromatic carbocycles. The summed E-state index contributed by atoms with van der Waals surface area (Å²) < 4.78 is 7.90. The van der Waals surface area contributed by atoms with Crippen LogP contribution >= 0.6 is 15.9 Å². The standard InChI is InChI=1S/C18H18BrN5O2/c1-26-16-4-3-15(19)10-14(16)12-22-18(25)21-11-13-5-7-20-17(9-13)24-8-2-6-23-24/h2-10H,11-12H2,1H3,(H2,21,22,25). The maximum atomic E-state index is 12.1. The zero-order valence-corrected chi connectivity index (χ0v) is 15.7. The Labute approximate surface area is 159 Å². The van der Waals surface area contributed by atoms with Gasteiger partial charge < -0.3 is 15.4 Å². The van der Waals surface area contributed by atoms with Gasteiger partial charge in [-0.1, -0.05) is 15.9 Å². The molecule has 26 heavy (non-hydrogen) atoms. The minimum atomic E-state index is -0.260. The molecule has 0 fully saturated rings. The van der Waals surface area contributed by atoms with Gasteiger partial charge in [0, 0.05) is 41.7 Å². The number of rotatable bonds is 6. The van der Waals surface area contributed by atoms with E-state index in [1.54, 1.807) is 24.2 Å². The number of amides is 2. The highest BCUT2D eigenvalue weighted by Crippen LogP contribution is 2.22. The summed E-state index contributed by atoms with van der Waals surface area (Å²) in [6.45, 7) is 0.752. The van der Waals surface area contributed by atoms with Crippen LogP contribution in [0.25, 0.3) is 5.82 Å². The van der Waals surface area contributed by atoms with Crippen molar-refractivity contribution in [3.63, 3.8) is 0 Å². The van der Waals surface area contributed by atoms with Crippen molar-refractivity contribution in [2.45, 2.75) is 13.1 Å². The van der Waals surface area contributed by atoms with Crippen molar-refractivity contribution in [2.75, 3.05) is 7.11 Å². The number of hydrogen-bond donors (Lipinski definition) is 2. The molecule has 3 rings (SSSR count). The molecule has 2 heterocycles. The maximum Gasteiger partial charge on any atom is 0.315 e. The number of carbonyl (C=O) groups excluding carboxylic acids is 1. The first-order valence-corrected chi connectivity index (χ1v) is 8.74. The van der Waals surface area contributed by atoms with Crippen molar-refractivity contribution in [1.29, 1.82) is 0 Å². The van der Waals surface area contributed by atoms with E-state index in [-0.39, 0.29) is 6.03 Å². The Morgan fingerprint density at radius 2 is 2.04 bits per heavy atom. The lowest BCUT2D eigenvalue weighted by molar-refractivity contribution is 0.240. The van der Waals surface area contributed by atoms with E-state index in [1.165, 1.54) is 0 Å². The molecule has 2 N–H and O–H groups in total. The predicted octanol–water partition coefficient (Wildman–Crippen LogP) is 3.04. The van der Waals surface area contributed by atoms with Crippen molar-refractivity contribution >= 4 is 22.0 Å². The second-order valence-electron chi connectivity index (χ2n) is 5.47. The number of aromatic nitrogens is 3. The van der Waals surface area contributed by atoms with Gasteiger partial charge >= 0.3 is 6.03 Å². The Morgan fingerprint density at radius 1 is 1.19 bits per heavy atom. The third-order valence-electron chi connectivity index (χ3n) is 3.68. The number of ether oxygens (including phenoxy) is 1. The minimum absolute atomic E-state index is 0.260. The van der Waals surface area contributed by atoms with Crippen molar-refractivity contribution in [3.05, 3.63) is 70.6 Å². The summed E-state index contributed by atoms with van der Waals surface area (Å²) in [7, 11) is 1.60. The fourth-order valence-corrected chi connectivity index (χ4v) is 2.81. The maximum absolute atomic E-state index is 12.1. The van der Waals surface area contributed by atoms with Gasteiger partial charge in [0.2, 0.25) is 0 Å². The molecule has 0 aliphatic heterocycles. The van der Waals surface area contributed by atoms with Crippen LogP contribution in [0.5, 0.6) is 5.75 Å². The molecule has 0 unspecified atom stereocenters. The minimum Gasteiger partial charge on any atom is -0.496 e. The molecule has 8 heteroatoms. The van der Waals surface area contributed by atoms with Crippen molar-refractivity contribution < 1.29 is 9.53 Å². The molecule has 0 saturated heterocycles. The lowest BCUT2D eigenvalue weighted by atomic mass is 10.2. The molecule has 2 amide bonds. The topological polar surface area (TPSA) is 81.1 Å². The molecule has 0 saturated carbocycles. The van der Waals surface area contributed by atoms with E-state index in [0.29, 0.717) is 18.9 Å². The molecule has 0 bridgehead atoms. The number of methoxy groups -OCH3 is 1. The van der Waals surface area contributed by atoms with Crippen molar-refractivity contribution in [1.82, 2.24) is 25.4 Å². The van der Waals surface area contributed by atoms with Gasteiger partial charge in [0.15, 0.2) is 5.82 Å². The van der Waals surface area contributed by atoms with E-state index < -0.39 is 0 Å². The van der Waals surface area contributed by atoms with E-state index >= 15 is 0 Å². The molecule has 134 valence electrons. The molecule has 0 aliphatic carbocycles. The monoisotopic (exact) mass is 415 g/mol. The van der Waals surface area contributed by atoms with E-state index in [0.717, 1.165) is 21.3 Å². The number of halogens is 1. The zero-order valence-electron chi connectivity index (χ0n) is 14.1. The van der Waals surface area contributed by atoms with Crippen LogP contribution in [0.4, 0.5) is 4.79 Å². The van der Waals surface area contributed by atoms with Gasteiger partial charge in [-0.05, 0) is 42.0 Å². The van der Waals surface area contributed by atoms with Crippen LogP contribution in [0.15, 0.2) is 59.5 Å². The second kappa shape index (κ2) is 8.48. The molecule has 3 aromatic rings. The summed E-state index contributed by atoms with van der Waals surface area (Å²) in [4.78, 5) is 16.3. The van der Waals surface area contributed by atoms with Gasteiger partial charge in [-0.15, -0.1) is 0 Å². The molecular weight excluding hydrogens is 398 g/mol. The Kier molecular flexibility index (Phi) is 5.85. The number of nitrogens with zero attached hydrogens (tertiary/aromatic N) is 3. The van der Waals surface area contributed by atoms with E-state index in [4.69, 9.17) is 4.74 Å². The van der Waals surface area contributed by atoms with E-state index in [2.05, 4.69) is 36.6 Å². The third-order valence-corrected chi connectivity index (χ3v) is 4.18.